The lowest BCUT2D eigenvalue weighted by atomic mass is 9.91. The summed E-state index contributed by atoms with van der Waals surface area (Å²) in [6, 6.07) is 11.5. The largest absolute Gasteiger partial charge is 0.327 e. The van der Waals surface area contributed by atoms with E-state index >= 15 is 0 Å². The molecule has 0 aliphatic carbocycles. The van der Waals surface area contributed by atoms with Gasteiger partial charge in [0.15, 0.2) is 5.78 Å². The van der Waals surface area contributed by atoms with Crippen LogP contribution in [-0.2, 0) is 0 Å². The molecule has 0 radical (unpaired) electrons. The summed E-state index contributed by atoms with van der Waals surface area (Å²) in [5, 5.41) is 16.2. The van der Waals surface area contributed by atoms with Crippen molar-refractivity contribution in [3.63, 3.8) is 0 Å². The highest BCUT2D eigenvalue weighted by molar-refractivity contribution is 6.10. The Morgan fingerprint density at radius 1 is 1.17 bits per heavy atom. The van der Waals surface area contributed by atoms with Crippen molar-refractivity contribution in [1.82, 2.24) is 20.2 Å². The van der Waals surface area contributed by atoms with E-state index in [4.69, 9.17) is 0 Å². The Hall–Kier alpha value is -4.27. The first kappa shape index (κ1) is 18.1. The summed E-state index contributed by atoms with van der Waals surface area (Å²) >= 11 is 0. The zero-order valence-electron chi connectivity index (χ0n) is 15.0. The number of carbonyl (C=O) groups excluding carboxylic acids is 2. The van der Waals surface area contributed by atoms with E-state index in [-0.39, 0.29) is 17.0 Å². The highest BCUT2D eigenvalue weighted by Gasteiger charge is 2.29. The minimum Gasteiger partial charge on any atom is -0.327 e. The number of rotatable bonds is 5. The number of Topliss-reactive ketones (excluding diaryl/α,β-unsaturated/α-hetero) is 1. The lowest BCUT2D eigenvalue weighted by Crippen LogP contribution is -2.42. The van der Waals surface area contributed by atoms with Crippen LogP contribution in [0, 0.1) is 10.1 Å². The van der Waals surface area contributed by atoms with Crippen LogP contribution >= 0.6 is 0 Å². The van der Waals surface area contributed by atoms with Gasteiger partial charge in [-0.3, -0.25) is 14.9 Å². The van der Waals surface area contributed by atoms with Crippen LogP contribution in [0.5, 0.6) is 0 Å². The van der Waals surface area contributed by atoms with E-state index in [2.05, 4.69) is 15.6 Å². The van der Waals surface area contributed by atoms with Crippen LogP contribution in [0.3, 0.4) is 0 Å². The van der Waals surface area contributed by atoms with Crippen molar-refractivity contribution in [2.24, 2.45) is 0 Å². The zero-order valence-corrected chi connectivity index (χ0v) is 15.0. The summed E-state index contributed by atoms with van der Waals surface area (Å²) in [4.78, 5) is 39.5. The normalized spacial score (nSPS) is 15.8. The first-order chi connectivity index (χ1) is 14.0. The number of non-ortho nitro benzene ring substituents is 1. The van der Waals surface area contributed by atoms with Crippen molar-refractivity contribution in [1.29, 1.82) is 0 Å². The molecule has 144 valence electrons. The molecule has 3 aromatic rings. The van der Waals surface area contributed by atoms with Gasteiger partial charge < -0.3 is 15.2 Å². The Kier molecular flexibility index (Phi) is 4.62. The van der Waals surface area contributed by atoms with E-state index in [1.807, 2.05) is 4.57 Å². The van der Waals surface area contributed by atoms with E-state index in [1.165, 1.54) is 24.4 Å². The molecule has 1 aliphatic heterocycles. The van der Waals surface area contributed by atoms with Gasteiger partial charge in [-0.15, -0.1) is 0 Å². The first-order valence-electron chi connectivity index (χ1n) is 8.67. The molecular weight excluding hydrogens is 374 g/mol. The zero-order chi connectivity index (χ0) is 20.4. The Labute approximate surface area is 164 Å². The topological polar surface area (TPSA) is 119 Å². The van der Waals surface area contributed by atoms with Crippen molar-refractivity contribution in [2.45, 2.75) is 6.04 Å². The van der Waals surface area contributed by atoms with Gasteiger partial charge in [0.25, 0.3) is 5.69 Å². The molecule has 2 heterocycles. The fraction of sp³-hybridized carbons (Fsp3) is 0.0500. The molecule has 0 bridgehead atoms. The van der Waals surface area contributed by atoms with Gasteiger partial charge >= 0.3 is 6.03 Å². The number of nitro groups is 1. The Morgan fingerprint density at radius 3 is 2.66 bits per heavy atom. The van der Waals surface area contributed by atoms with Crippen LogP contribution in [0.25, 0.3) is 5.69 Å². The number of hydrogen-bond donors (Lipinski definition) is 2. The number of hydrogen-bond acceptors (Lipinski definition) is 5. The van der Waals surface area contributed by atoms with E-state index in [0.717, 1.165) is 5.69 Å². The maximum atomic E-state index is 13.1. The molecule has 0 saturated heterocycles. The Morgan fingerprint density at radius 2 is 1.97 bits per heavy atom. The van der Waals surface area contributed by atoms with Crippen LogP contribution in [0.15, 0.2) is 79.0 Å². The third-order valence-corrected chi connectivity index (χ3v) is 4.55. The number of urea groups is 1. The maximum absolute atomic E-state index is 13.1. The fourth-order valence-electron chi connectivity index (χ4n) is 3.12. The predicted molar refractivity (Wildman–Crippen MR) is 103 cm³/mol. The van der Waals surface area contributed by atoms with E-state index in [1.54, 1.807) is 49.1 Å². The fourth-order valence-corrected chi connectivity index (χ4v) is 3.12. The third kappa shape index (κ3) is 3.61. The number of carbonyl (C=O) groups is 2. The smallest absolute Gasteiger partial charge is 0.319 e. The summed E-state index contributed by atoms with van der Waals surface area (Å²) in [6.07, 6.45) is 6.44. The average Bonchev–Trinajstić information content (AvgIpc) is 3.28. The second-order valence-electron chi connectivity index (χ2n) is 6.35. The molecule has 1 aromatic heterocycles. The Balaban J connectivity index is 1.66. The lowest BCUT2D eigenvalue weighted by molar-refractivity contribution is -0.384. The summed E-state index contributed by atoms with van der Waals surface area (Å²) in [7, 11) is 0. The minimum absolute atomic E-state index is 0.119. The average molecular weight is 389 g/mol. The summed E-state index contributed by atoms with van der Waals surface area (Å²) < 4.78 is 1.81. The molecule has 4 rings (SSSR count). The number of ketones is 1. The molecule has 1 unspecified atom stereocenters. The summed E-state index contributed by atoms with van der Waals surface area (Å²) in [5.74, 6) is -0.300. The molecular formula is C20H15N5O4. The number of nitrogens with one attached hydrogen (secondary N) is 2. The highest BCUT2D eigenvalue weighted by Crippen LogP contribution is 2.29. The second kappa shape index (κ2) is 7.39. The van der Waals surface area contributed by atoms with Crippen molar-refractivity contribution in [3.8, 4) is 5.69 Å². The van der Waals surface area contributed by atoms with Crippen LogP contribution < -0.4 is 10.6 Å². The lowest BCUT2D eigenvalue weighted by Gasteiger charge is -2.25. The number of aromatic nitrogens is 2. The number of nitro benzene ring substituents is 1. The maximum Gasteiger partial charge on any atom is 0.319 e. The highest BCUT2D eigenvalue weighted by atomic mass is 16.6. The molecule has 9 heteroatoms. The van der Waals surface area contributed by atoms with Gasteiger partial charge in [0, 0.05) is 47.6 Å². The van der Waals surface area contributed by atoms with Crippen molar-refractivity contribution < 1.29 is 14.5 Å². The first-order valence-corrected chi connectivity index (χ1v) is 8.67. The Bertz CT molecular complexity index is 1120. The van der Waals surface area contributed by atoms with Gasteiger partial charge in [-0.2, -0.15) is 0 Å². The van der Waals surface area contributed by atoms with Gasteiger partial charge in [0.1, 0.15) is 0 Å². The number of benzene rings is 2. The van der Waals surface area contributed by atoms with Gasteiger partial charge in [-0.05, 0) is 29.8 Å². The van der Waals surface area contributed by atoms with Gasteiger partial charge in [0.2, 0.25) is 0 Å². The number of imidazole rings is 1. The molecule has 2 aromatic carbocycles. The number of nitrogens with zero attached hydrogens (tertiary/aromatic N) is 3. The van der Waals surface area contributed by atoms with Crippen molar-refractivity contribution >= 4 is 17.5 Å². The quantitative estimate of drug-likeness (QED) is 0.395. The molecule has 1 atom stereocenters. The van der Waals surface area contributed by atoms with Crippen LogP contribution in [0.4, 0.5) is 10.5 Å². The molecule has 29 heavy (non-hydrogen) atoms. The molecule has 9 nitrogen and oxygen atoms in total. The number of amides is 2. The van der Waals surface area contributed by atoms with E-state index in [0.29, 0.717) is 11.1 Å². The van der Waals surface area contributed by atoms with E-state index < -0.39 is 17.0 Å². The monoisotopic (exact) mass is 389 g/mol. The van der Waals surface area contributed by atoms with Gasteiger partial charge in [-0.25, -0.2) is 9.78 Å². The van der Waals surface area contributed by atoms with Crippen molar-refractivity contribution in [2.75, 3.05) is 0 Å². The third-order valence-electron chi connectivity index (χ3n) is 4.55. The van der Waals surface area contributed by atoms with Crippen LogP contribution in [-0.4, -0.2) is 26.3 Å². The SMILES string of the molecule is O=C1NC=C(C(=O)c2ccc(-n3ccnc3)cc2)C(c2cccc([N+](=O)[O-])c2)N1. The molecule has 0 fully saturated rings. The molecule has 1 aliphatic rings. The predicted octanol–water partition coefficient (Wildman–Crippen LogP) is 2.90. The van der Waals surface area contributed by atoms with E-state index in [9.17, 15) is 19.7 Å². The summed E-state index contributed by atoms with van der Waals surface area (Å²) in [6.45, 7) is 0. The second-order valence-corrected chi connectivity index (χ2v) is 6.35. The molecule has 0 spiro atoms. The standard InChI is InChI=1S/C20H15N5O4/c26-19(13-4-6-15(7-5-13)24-9-8-21-12-24)17-11-22-20(27)23-18(17)14-2-1-3-16(10-14)25(28)29/h1-12,18H,(H2,22,23,27). The van der Waals surface area contributed by atoms with Crippen LogP contribution in [0.2, 0.25) is 0 Å². The van der Waals surface area contributed by atoms with Gasteiger partial charge in [0.05, 0.1) is 17.3 Å². The van der Waals surface area contributed by atoms with Crippen molar-refractivity contribution in [3.05, 3.63) is 100 Å². The molecule has 0 saturated carbocycles. The van der Waals surface area contributed by atoms with Gasteiger partial charge in [-0.1, -0.05) is 12.1 Å². The molecule has 2 amide bonds. The minimum atomic E-state index is -0.801. The molecule has 2 N–H and O–H groups in total. The van der Waals surface area contributed by atoms with Crippen LogP contribution in [0.1, 0.15) is 22.0 Å². The summed E-state index contributed by atoms with van der Waals surface area (Å²) in [5.41, 5.74) is 1.88.